The molecule has 24 heavy (non-hydrogen) atoms. The molecular formula is C16H14Cl2N2O4. The average Bonchev–Trinajstić information content (AvgIpc) is 2.51. The first-order valence-electron chi connectivity index (χ1n) is 6.83. The van der Waals surface area contributed by atoms with Crippen LogP contribution in [-0.4, -0.2) is 23.6 Å². The van der Waals surface area contributed by atoms with E-state index >= 15 is 0 Å². The van der Waals surface area contributed by atoms with Gasteiger partial charge in [-0.15, -0.1) is 0 Å². The number of ether oxygens (including phenoxy) is 1. The lowest BCUT2D eigenvalue weighted by atomic mass is 10.1. The molecule has 0 atom stereocenters. The molecule has 1 amide bonds. The Bertz CT molecular complexity index is 781. The molecule has 0 aliphatic carbocycles. The van der Waals surface area contributed by atoms with Crippen LogP contribution in [0.15, 0.2) is 36.4 Å². The lowest BCUT2D eigenvalue weighted by Gasteiger charge is -2.13. The van der Waals surface area contributed by atoms with Gasteiger partial charge in [0.15, 0.2) is 6.61 Å². The van der Waals surface area contributed by atoms with Crippen molar-refractivity contribution in [3.05, 3.63) is 57.6 Å². The Morgan fingerprint density at radius 3 is 2.54 bits per heavy atom. The van der Waals surface area contributed by atoms with Gasteiger partial charge >= 0.3 is 5.97 Å². The molecule has 4 N–H and O–H groups in total. The second kappa shape index (κ2) is 7.90. The highest BCUT2D eigenvalue weighted by molar-refractivity contribution is 6.33. The second-order valence-corrected chi connectivity index (χ2v) is 5.70. The minimum atomic E-state index is -1.09. The fraction of sp³-hybridized carbons (Fsp3) is 0.125. The summed E-state index contributed by atoms with van der Waals surface area (Å²) in [6.45, 7) is 0.0885. The number of anilines is 1. The van der Waals surface area contributed by atoms with E-state index in [4.69, 9.17) is 38.8 Å². The van der Waals surface area contributed by atoms with E-state index in [-0.39, 0.29) is 17.2 Å². The summed E-state index contributed by atoms with van der Waals surface area (Å²) in [5.41, 5.74) is 6.44. The van der Waals surface area contributed by atoms with Crippen LogP contribution in [0.25, 0.3) is 0 Å². The first kappa shape index (κ1) is 17.9. The van der Waals surface area contributed by atoms with Crippen LogP contribution in [0.2, 0.25) is 10.0 Å². The number of halogens is 2. The van der Waals surface area contributed by atoms with Gasteiger partial charge in [0, 0.05) is 22.8 Å². The molecule has 0 spiro atoms. The van der Waals surface area contributed by atoms with E-state index in [2.05, 4.69) is 5.32 Å². The molecule has 2 rings (SSSR count). The third kappa shape index (κ3) is 4.78. The Balaban J connectivity index is 2.13. The summed E-state index contributed by atoms with van der Waals surface area (Å²) >= 11 is 11.9. The van der Waals surface area contributed by atoms with Crippen LogP contribution >= 0.6 is 23.2 Å². The maximum Gasteiger partial charge on any atom is 0.337 e. The Kier molecular flexibility index (Phi) is 5.89. The molecule has 6 nitrogen and oxygen atoms in total. The van der Waals surface area contributed by atoms with Crippen molar-refractivity contribution in [1.29, 1.82) is 0 Å². The first-order chi connectivity index (χ1) is 11.4. The summed E-state index contributed by atoms with van der Waals surface area (Å²) in [7, 11) is 0. The largest absolute Gasteiger partial charge is 0.483 e. The Hall–Kier alpha value is -2.44. The molecule has 0 aromatic heterocycles. The van der Waals surface area contributed by atoms with E-state index in [9.17, 15) is 9.59 Å². The topological polar surface area (TPSA) is 102 Å². The van der Waals surface area contributed by atoms with Crippen LogP contribution in [0.1, 0.15) is 15.9 Å². The molecule has 0 unspecified atom stereocenters. The zero-order valence-corrected chi connectivity index (χ0v) is 13.9. The van der Waals surface area contributed by atoms with Crippen molar-refractivity contribution in [2.75, 3.05) is 11.9 Å². The Morgan fingerprint density at radius 2 is 1.92 bits per heavy atom. The molecule has 126 valence electrons. The normalized spacial score (nSPS) is 10.2. The maximum absolute atomic E-state index is 10.9. The lowest BCUT2D eigenvalue weighted by molar-refractivity contribution is -0.119. The Labute approximate surface area is 148 Å². The molecular weight excluding hydrogens is 355 g/mol. The number of carboxylic acid groups (broad SMARTS) is 1. The molecule has 0 saturated carbocycles. The molecule has 0 aliphatic heterocycles. The summed E-state index contributed by atoms with van der Waals surface area (Å²) in [6, 6.07) is 9.50. The fourth-order valence-electron chi connectivity index (χ4n) is 1.97. The molecule has 2 aromatic rings. The lowest BCUT2D eigenvalue weighted by Crippen LogP contribution is -2.20. The number of primary amides is 1. The van der Waals surface area contributed by atoms with Gasteiger partial charge in [-0.1, -0.05) is 23.2 Å². The van der Waals surface area contributed by atoms with Crippen molar-refractivity contribution in [2.45, 2.75) is 6.54 Å². The van der Waals surface area contributed by atoms with E-state index in [0.29, 0.717) is 28.6 Å². The molecule has 0 aliphatic rings. The number of aromatic carboxylic acids is 1. The van der Waals surface area contributed by atoms with Gasteiger partial charge in [0.1, 0.15) is 5.75 Å². The number of carboxylic acids is 1. The highest BCUT2D eigenvalue weighted by Crippen LogP contribution is 2.25. The fourth-order valence-corrected chi connectivity index (χ4v) is 2.43. The van der Waals surface area contributed by atoms with E-state index in [1.54, 1.807) is 24.3 Å². The number of carbonyl (C=O) groups is 2. The number of nitrogens with one attached hydrogen (secondary N) is 1. The SMILES string of the molecule is NC(=O)COc1ccc(Cl)cc1CNc1ccc(C(=O)O)c(Cl)c1. The standard InChI is InChI=1S/C16H14Cl2N2O4/c17-10-1-4-14(24-8-15(19)21)9(5-10)7-20-11-2-3-12(16(22)23)13(18)6-11/h1-6,20H,7-8H2,(H2,19,21)(H,22,23). The monoisotopic (exact) mass is 368 g/mol. The third-order valence-corrected chi connectivity index (χ3v) is 3.62. The minimum absolute atomic E-state index is 0.0236. The number of benzene rings is 2. The number of carbonyl (C=O) groups excluding carboxylic acids is 1. The number of amides is 1. The van der Waals surface area contributed by atoms with Gasteiger partial charge in [0.25, 0.3) is 5.91 Å². The molecule has 0 heterocycles. The van der Waals surface area contributed by atoms with Gasteiger partial charge < -0.3 is 20.9 Å². The highest BCUT2D eigenvalue weighted by Gasteiger charge is 2.10. The van der Waals surface area contributed by atoms with E-state index < -0.39 is 11.9 Å². The average molecular weight is 369 g/mol. The molecule has 0 radical (unpaired) electrons. The smallest absolute Gasteiger partial charge is 0.337 e. The summed E-state index contributed by atoms with van der Waals surface area (Å²) in [5, 5.41) is 12.7. The van der Waals surface area contributed by atoms with Crippen LogP contribution < -0.4 is 15.8 Å². The van der Waals surface area contributed by atoms with Crippen LogP contribution in [0.5, 0.6) is 5.75 Å². The third-order valence-electron chi connectivity index (χ3n) is 3.07. The van der Waals surface area contributed by atoms with Crippen molar-refractivity contribution in [3.8, 4) is 5.75 Å². The molecule has 0 bridgehead atoms. The quantitative estimate of drug-likeness (QED) is 0.696. The predicted octanol–water partition coefficient (Wildman–Crippen LogP) is 3.17. The molecule has 8 heteroatoms. The number of hydrogen-bond donors (Lipinski definition) is 3. The predicted molar refractivity (Wildman–Crippen MR) is 91.9 cm³/mol. The first-order valence-corrected chi connectivity index (χ1v) is 7.58. The van der Waals surface area contributed by atoms with E-state index in [0.717, 1.165) is 0 Å². The zero-order chi connectivity index (χ0) is 17.7. The van der Waals surface area contributed by atoms with Gasteiger partial charge in [-0.25, -0.2) is 4.79 Å². The molecule has 2 aromatic carbocycles. The van der Waals surface area contributed by atoms with Crippen LogP contribution in [0, 0.1) is 0 Å². The summed E-state index contributed by atoms with van der Waals surface area (Å²) in [5.74, 6) is -1.21. The van der Waals surface area contributed by atoms with E-state index in [1.807, 2.05) is 0 Å². The van der Waals surface area contributed by atoms with Crippen molar-refractivity contribution in [3.63, 3.8) is 0 Å². The van der Waals surface area contributed by atoms with Gasteiger partial charge in [-0.3, -0.25) is 4.79 Å². The van der Waals surface area contributed by atoms with Crippen molar-refractivity contribution < 1.29 is 19.4 Å². The number of rotatable bonds is 7. The van der Waals surface area contributed by atoms with Crippen molar-refractivity contribution in [1.82, 2.24) is 0 Å². The van der Waals surface area contributed by atoms with Crippen LogP contribution in [-0.2, 0) is 11.3 Å². The highest BCUT2D eigenvalue weighted by atomic mass is 35.5. The molecule has 0 saturated heterocycles. The van der Waals surface area contributed by atoms with Crippen molar-refractivity contribution >= 4 is 40.8 Å². The summed E-state index contributed by atoms with van der Waals surface area (Å²) in [6.07, 6.45) is 0. The van der Waals surface area contributed by atoms with Crippen LogP contribution in [0.3, 0.4) is 0 Å². The Morgan fingerprint density at radius 1 is 1.17 bits per heavy atom. The second-order valence-electron chi connectivity index (χ2n) is 4.86. The zero-order valence-electron chi connectivity index (χ0n) is 12.4. The minimum Gasteiger partial charge on any atom is -0.483 e. The number of hydrogen-bond acceptors (Lipinski definition) is 4. The number of nitrogens with two attached hydrogens (primary N) is 1. The van der Waals surface area contributed by atoms with E-state index in [1.165, 1.54) is 12.1 Å². The van der Waals surface area contributed by atoms with Gasteiger partial charge in [-0.2, -0.15) is 0 Å². The van der Waals surface area contributed by atoms with Gasteiger partial charge in [0.05, 0.1) is 10.6 Å². The summed E-state index contributed by atoms with van der Waals surface area (Å²) < 4.78 is 5.34. The van der Waals surface area contributed by atoms with Crippen molar-refractivity contribution in [2.24, 2.45) is 5.73 Å². The van der Waals surface area contributed by atoms with Gasteiger partial charge in [-0.05, 0) is 36.4 Å². The molecule has 0 fully saturated rings. The maximum atomic E-state index is 10.9. The summed E-state index contributed by atoms with van der Waals surface area (Å²) in [4.78, 5) is 21.8. The van der Waals surface area contributed by atoms with Gasteiger partial charge in [0.2, 0.25) is 0 Å². The van der Waals surface area contributed by atoms with Crippen LogP contribution in [0.4, 0.5) is 5.69 Å².